The van der Waals surface area contributed by atoms with Crippen LogP contribution in [-0.4, -0.2) is 14.5 Å². The van der Waals surface area contributed by atoms with Crippen molar-refractivity contribution in [3.63, 3.8) is 0 Å². The summed E-state index contributed by atoms with van der Waals surface area (Å²) in [5.74, 6) is 0. The molecule has 0 radical (unpaired) electrons. The lowest BCUT2D eigenvalue weighted by Crippen LogP contribution is -1.99. The first-order valence-electron chi connectivity index (χ1n) is 5.11. The predicted molar refractivity (Wildman–Crippen MR) is 83.7 cm³/mol. The number of hydrogen-bond donors (Lipinski definition) is 1. The molecule has 0 bridgehead atoms. The molecule has 0 aliphatic heterocycles. The Morgan fingerprint density at radius 3 is 3.00 bits per heavy atom. The van der Waals surface area contributed by atoms with Gasteiger partial charge in [-0.1, -0.05) is 0 Å². The number of hydrogen-bond acceptors (Lipinski definition) is 3. The summed E-state index contributed by atoms with van der Waals surface area (Å²) in [5, 5.41) is 2.06. The Kier molecular flexibility index (Phi) is 3.40. The molecule has 3 aromatic heterocycles. The monoisotopic (exact) mass is 403 g/mol. The topological polar surface area (TPSA) is 33.6 Å². The summed E-state index contributed by atoms with van der Waals surface area (Å²) < 4.78 is 4.75. The SMILES string of the molecule is S=c1[nH]c2cc(Br)cnc2n1Cc1sccc1Br. The van der Waals surface area contributed by atoms with Crippen LogP contribution in [-0.2, 0) is 6.54 Å². The number of fused-ring (bicyclic) bond motifs is 1. The van der Waals surface area contributed by atoms with Crippen molar-refractivity contribution in [1.29, 1.82) is 0 Å². The van der Waals surface area contributed by atoms with Crippen molar-refractivity contribution in [2.45, 2.75) is 6.54 Å². The third-order valence-corrected chi connectivity index (χ3v) is 5.24. The third kappa shape index (κ3) is 2.20. The fourth-order valence-corrected chi connectivity index (χ4v) is 3.80. The maximum atomic E-state index is 5.35. The second-order valence-electron chi connectivity index (χ2n) is 3.73. The average molecular weight is 405 g/mol. The average Bonchev–Trinajstić information content (AvgIpc) is 2.85. The van der Waals surface area contributed by atoms with Crippen LogP contribution in [0, 0.1) is 4.77 Å². The van der Waals surface area contributed by atoms with Crippen molar-refractivity contribution in [3.8, 4) is 0 Å². The maximum absolute atomic E-state index is 5.35. The van der Waals surface area contributed by atoms with E-state index in [0.29, 0.717) is 4.77 Å². The number of thiophene rings is 1. The number of pyridine rings is 1. The van der Waals surface area contributed by atoms with Gasteiger partial charge in [0.15, 0.2) is 10.4 Å². The molecule has 0 aromatic carbocycles. The molecule has 0 unspecified atom stereocenters. The van der Waals surface area contributed by atoms with Gasteiger partial charge in [-0.25, -0.2) is 4.98 Å². The summed E-state index contributed by atoms with van der Waals surface area (Å²) in [5.41, 5.74) is 1.82. The van der Waals surface area contributed by atoms with Crippen LogP contribution in [0.5, 0.6) is 0 Å². The molecule has 3 nitrogen and oxygen atoms in total. The van der Waals surface area contributed by atoms with E-state index in [0.717, 1.165) is 26.7 Å². The summed E-state index contributed by atoms with van der Waals surface area (Å²) in [6, 6.07) is 4.03. The largest absolute Gasteiger partial charge is 0.329 e. The van der Waals surface area contributed by atoms with E-state index in [1.54, 1.807) is 17.5 Å². The Hall–Kier alpha value is -0.500. The molecule has 18 heavy (non-hydrogen) atoms. The predicted octanol–water partition coefficient (Wildman–Crippen LogP) is 4.73. The van der Waals surface area contributed by atoms with Gasteiger partial charge in [-0.05, 0) is 61.6 Å². The van der Waals surface area contributed by atoms with E-state index >= 15 is 0 Å². The van der Waals surface area contributed by atoms with Gasteiger partial charge in [0.05, 0.1) is 12.1 Å². The highest BCUT2D eigenvalue weighted by atomic mass is 79.9. The number of aromatic amines is 1. The van der Waals surface area contributed by atoms with Crippen molar-refractivity contribution >= 4 is 66.6 Å². The fourth-order valence-electron chi connectivity index (χ4n) is 1.75. The molecule has 0 saturated carbocycles. The number of imidazole rings is 1. The van der Waals surface area contributed by atoms with E-state index in [1.165, 1.54) is 4.88 Å². The van der Waals surface area contributed by atoms with Crippen LogP contribution in [0.2, 0.25) is 0 Å². The number of nitrogens with zero attached hydrogens (tertiary/aromatic N) is 2. The molecule has 0 saturated heterocycles. The fraction of sp³-hybridized carbons (Fsp3) is 0.0909. The zero-order chi connectivity index (χ0) is 12.7. The lowest BCUT2D eigenvalue weighted by molar-refractivity contribution is 0.810. The minimum atomic E-state index is 0.691. The molecule has 3 rings (SSSR count). The highest BCUT2D eigenvalue weighted by molar-refractivity contribution is 9.10. The third-order valence-electron chi connectivity index (χ3n) is 2.57. The van der Waals surface area contributed by atoms with E-state index in [-0.39, 0.29) is 0 Å². The summed E-state index contributed by atoms with van der Waals surface area (Å²) in [7, 11) is 0. The van der Waals surface area contributed by atoms with Gasteiger partial charge in [0.1, 0.15) is 0 Å². The molecule has 0 fully saturated rings. The van der Waals surface area contributed by atoms with Gasteiger partial charge < -0.3 is 4.98 Å². The van der Waals surface area contributed by atoms with Gasteiger partial charge >= 0.3 is 0 Å². The van der Waals surface area contributed by atoms with Crippen LogP contribution >= 0.6 is 55.4 Å². The van der Waals surface area contributed by atoms with Crippen LogP contribution in [0.25, 0.3) is 11.2 Å². The smallest absolute Gasteiger partial charge is 0.179 e. The van der Waals surface area contributed by atoms with E-state index in [9.17, 15) is 0 Å². The van der Waals surface area contributed by atoms with Crippen LogP contribution in [0.3, 0.4) is 0 Å². The first-order valence-corrected chi connectivity index (χ1v) is 7.98. The van der Waals surface area contributed by atoms with Crippen molar-refractivity contribution < 1.29 is 0 Å². The van der Waals surface area contributed by atoms with Gasteiger partial charge in [-0.3, -0.25) is 4.57 Å². The number of nitrogens with one attached hydrogen (secondary N) is 1. The van der Waals surface area contributed by atoms with Gasteiger partial charge in [0.2, 0.25) is 0 Å². The molecule has 0 aliphatic carbocycles. The molecule has 0 spiro atoms. The molecular weight excluding hydrogens is 398 g/mol. The van der Waals surface area contributed by atoms with E-state index in [4.69, 9.17) is 12.2 Å². The van der Waals surface area contributed by atoms with Gasteiger partial charge in [0.25, 0.3) is 0 Å². The molecule has 0 aliphatic rings. The second kappa shape index (κ2) is 4.88. The van der Waals surface area contributed by atoms with Crippen molar-refractivity contribution in [2.75, 3.05) is 0 Å². The van der Waals surface area contributed by atoms with E-state index in [2.05, 4.69) is 47.2 Å². The Labute approximate surface area is 129 Å². The number of rotatable bonds is 2. The minimum absolute atomic E-state index is 0.691. The Morgan fingerprint density at radius 1 is 1.44 bits per heavy atom. The van der Waals surface area contributed by atoms with Crippen LogP contribution in [0.15, 0.2) is 32.7 Å². The lowest BCUT2D eigenvalue weighted by Gasteiger charge is -2.02. The van der Waals surface area contributed by atoms with Crippen molar-refractivity contribution in [2.24, 2.45) is 0 Å². The summed E-state index contributed by atoms with van der Waals surface area (Å²) in [6.07, 6.45) is 1.78. The van der Waals surface area contributed by atoms with Crippen molar-refractivity contribution in [3.05, 3.63) is 42.3 Å². The molecule has 1 N–H and O–H groups in total. The second-order valence-corrected chi connectivity index (χ2v) is 6.89. The quantitative estimate of drug-likeness (QED) is 0.626. The van der Waals surface area contributed by atoms with E-state index < -0.39 is 0 Å². The normalized spacial score (nSPS) is 11.2. The van der Waals surface area contributed by atoms with Crippen LogP contribution in [0.4, 0.5) is 0 Å². The Morgan fingerprint density at radius 2 is 2.28 bits per heavy atom. The number of halogens is 2. The summed E-state index contributed by atoms with van der Waals surface area (Å²) in [4.78, 5) is 8.83. The first kappa shape index (κ1) is 12.5. The van der Waals surface area contributed by atoms with Gasteiger partial charge in [-0.2, -0.15) is 0 Å². The Bertz CT molecular complexity index is 772. The van der Waals surface area contributed by atoms with Crippen LogP contribution in [0.1, 0.15) is 4.88 Å². The molecular formula is C11H7Br2N3S2. The Balaban J connectivity index is 2.15. The zero-order valence-corrected chi connectivity index (χ0v) is 13.8. The molecule has 0 amide bonds. The lowest BCUT2D eigenvalue weighted by atomic mass is 10.4. The molecule has 92 valence electrons. The summed E-state index contributed by atoms with van der Waals surface area (Å²) in [6.45, 7) is 0.728. The maximum Gasteiger partial charge on any atom is 0.179 e. The highest BCUT2D eigenvalue weighted by Gasteiger charge is 2.09. The molecule has 3 aromatic rings. The van der Waals surface area contributed by atoms with Crippen molar-refractivity contribution in [1.82, 2.24) is 14.5 Å². The standard InChI is InChI=1S/C11H7Br2N3S2/c12-6-3-8-10(14-4-6)16(11(17)15-8)5-9-7(13)1-2-18-9/h1-4H,5H2,(H,15,17). The van der Waals surface area contributed by atoms with E-state index in [1.807, 2.05) is 16.7 Å². The van der Waals surface area contributed by atoms with Gasteiger partial charge in [0, 0.05) is 20.0 Å². The summed E-state index contributed by atoms with van der Waals surface area (Å²) >= 11 is 14.0. The number of aromatic nitrogens is 3. The zero-order valence-electron chi connectivity index (χ0n) is 8.98. The molecule has 0 atom stereocenters. The minimum Gasteiger partial charge on any atom is -0.329 e. The first-order chi connectivity index (χ1) is 8.65. The molecule has 3 heterocycles. The highest BCUT2D eigenvalue weighted by Crippen LogP contribution is 2.25. The van der Waals surface area contributed by atoms with Crippen LogP contribution < -0.4 is 0 Å². The number of H-pyrrole nitrogens is 1. The molecule has 7 heteroatoms. The van der Waals surface area contributed by atoms with Gasteiger partial charge in [-0.15, -0.1) is 11.3 Å².